The number of nitrogens with zero attached hydrogens (tertiary/aromatic N) is 2. The maximum atomic E-state index is 12.6. The zero-order chi connectivity index (χ0) is 20.4. The van der Waals surface area contributed by atoms with Gasteiger partial charge in [-0.1, -0.05) is 12.1 Å². The van der Waals surface area contributed by atoms with Gasteiger partial charge >= 0.3 is 0 Å². The highest BCUT2D eigenvalue weighted by molar-refractivity contribution is 7.12. The van der Waals surface area contributed by atoms with E-state index >= 15 is 0 Å². The SMILES string of the molecule is Cc1cc(C(=O)CCC(=O)N2CCN(Cc3ccc4c(c3)CCO4)CC2)c(C)s1. The Balaban J connectivity index is 1.23. The number of rotatable bonds is 6. The van der Waals surface area contributed by atoms with Gasteiger partial charge in [-0.25, -0.2) is 0 Å². The lowest BCUT2D eigenvalue weighted by Crippen LogP contribution is -2.48. The van der Waals surface area contributed by atoms with Crippen LogP contribution in [0.3, 0.4) is 0 Å². The van der Waals surface area contributed by atoms with E-state index < -0.39 is 0 Å². The third-order valence-electron chi connectivity index (χ3n) is 5.79. The molecule has 0 aliphatic carbocycles. The van der Waals surface area contributed by atoms with Crippen molar-refractivity contribution in [3.05, 3.63) is 50.7 Å². The average molecular weight is 413 g/mol. The van der Waals surface area contributed by atoms with Crippen molar-refractivity contribution in [1.29, 1.82) is 0 Å². The number of thiophene rings is 1. The summed E-state index contributed by atoms with van der Waals surface area (Å²) in [7, 11) is 0. The van der Waals surface area contributed by atoms with Crippen LogP contribution < -0.4 is 4.74 Å². The van der Waals surface area contributed by atoms with Crippen molar-refractivity contribution in [2.75, 3.05) is 32.8 Å². The van der Waals surface area contributed by atoms with E-state index in [-0.39, 0.29) is 11.7 Å². The summed E-state index contributed by atoms with van der Waals surface area (Å²) in [5.74, 6) is 1.20. The molecule has 1 fully saturated rings. The van der Waals surface area contributed by atoms with Crippen LogP contribution in [-0.4, -0.2) is 54.3 Å². The largest absolute Gasteiger partial charge is 0.493 e. The predicted octanol–water partition coefficient (Wildman–Crippen LogP) is 3.61. The second-order valence-electron chi connectivity index (χ2n) is 7.95. The summed E-state index contributed by atoms with van der Waals surface area (Å²) >= 11 is 1.64. The van der Waals surface area contributed by atoms with E-state index in [9.17, 15) is 9.59 Å². The van der Waals surface area contributed by atoms with Crippen LogP contribution in [0.2, 0.25) is 0 Å². The quantitative estimate of drug-likeness (QED) is 0.680. The Labute approximate surface area is 176 Å². The summed E-state index contributed by atoms with van der Waals surface area (Å²) < 4.78 is 5.58. The Morgan fingerprint density at radius 3 is 2.59 bits per heavy atom. The van der Waals surface area contributed by atoms with Crippen molar-refractivity contribution in [2.45, 2.75) is 39.7 Å². The molecule has 6 heteroatoms. The number of ether oxygens (including phenoxy) is 1. The highest BCUT2D eigenvalue weighted by Crippen LogP contribution is 2.26. The van der Waals surface area contributed by atoms with Gasteiger partial charge in [-0.05, 0) is 37.1 Å². The molecule has 0 atom stereocenters. The first-order chi connectivity index (χ1) is 14.0. The summed E-state index contributed by atoms with van der Waals surface area (Å²) in [6.45, 7) is 8.88. The van der Waals surface area contributed by atoms with E-state index in [4.69, 9.17) is 4.74 Å². The maximum Gasteiger partial charge on any atom is 0.223 e. The molecular weight excluding hydrogens is 384 g/mol. The molecule has 154 valence electrons. The smallest absolute Gasteiger partial charge is 0.223 e. The Bertz CT molecular complexity index is 913. The number of carbonyl (C=O) groups excluding carboxylic acids is 2. The van der Waals surface area contributed by atoms with E-state index in [1.165, 1.54) is 11.1 Å². The fourth-order valence-corrected chi connectivity index (χ4v) is 5.12. The second-order valence-corrected chi connectivity index (χ2v) is 9.41. The van der Waals surface area contributed by atoms with Gasteiger partial charge in [0.05, 0.1) is 6.61 Å². The molecule has 2 aliphatic heterocycles. The van der Waals surface area contributed by atoms with Crippen molar-refractivity contribution < 1.29 is 14.3 Å². The summed E-state index contributed by atoms with van der Waals surface area (Å²) in [6.07, 6.45) is 1.60. The van der Waals surface area contributed by atoms with Gasteiger partial charge in [0, 0.05) is 67.3 Å². The van der Waals surface area contributed by atoms with Crippen LogP contribution in [-0.2, 0) is 17.8 Å². The van der Waals surface area contributed by atoms with Gasteiger partial charge in [-0.15, -0.1) is 11.3 Å². The van der Waals surface area contributed by atoms with Crippen molar-refractivity contribution in [3.8, 4) is 5.75 Å². The summed E-state index contributed by atoms with van der Waals surface area (Å²) in [5, 5.41) is 0. The van der Waals surface area contributed by atoms with Crippen LogP contribution in [0.15, 0.2) is 24.3 Å². The molecule has 0 spiro atoms. The lowest BCUT2D eigenvalue weighted by Gasteiger charge is -2.34. The number of ketones is 1. The van der Waals surface area contributed by atoms with Crippen LogP contribution in [0.25, 0.3) is 0 Å². The highest BCUT2D eigenvalue weighted by atomic mass is 32.1. The van der Waals surface area contributed by atoms with Gasteiger partial charge in [-0.2, -0.15) is 0 Å². The first-order valence-corrected chi connectivity index (χ1v) is 11.2. The number of Topliss-reactive ketones (excluding diaryl/α,β-unsaturated/α-hetero) is 1. The molecule has 0 unspecified atom stereocenters. The molecule has 1 saturated heterocycles. The van der Waals surface area contributed by atoms with Crippen LogP contribution in [0.4, 0.5) is 0 Å². The van der Waals surface area contributed by atoms with E-state index in [2.05, 4.69) is 23.1 Å². The van der Waals surface area contributed by atoms with Crippen LogP contribution in [0.5, 0.6) is 5.75 Å². The van der Waals surface area contributed by atoms with Crippen LogP contribution in [0, 0.1) is 13.8 Å². The van der Waals surface area contributed by atoms with Gasteiger partial charge in [-0.3, -0.25) is 14.5 Å². The van der Waals surface area contributed by atoms with Crippen LogP contribution >= 0.6 is 11.3 Å². The summed E-state index contributed by atoms with van der Waals surface area (Å²) in [4.78, 5) is 31.5. The van der Waals surface area contributed by atoms with E-state index in [0.717, 1.165) is 66.8 Å². The van der Waals surface area contributed by atoms with Crippen molar-refractivity contribution >= 4 is 23.0 Å². The number of amides is 1. The molecule has 0 radical (unpaired) electrons. The molecule has 1 aromatic heterocycles. The van der Waals surface area contributed by atoms with E-state index in [1.54, 1.807) is 11.3 Å². The fourth-order valence-electron chi connectivity index (χ4n) is 4.17. The number of fused-ring (bicyclic) bond motifs is 1. The van der Waals surface area contributed by atoms with Gasteiger partial charge in [0.2, 0.25) is 5.91 Å². The lowest BCUT2D eigenvalue weighted by molar-refractivity contribution is -0.132. The minimum atomic E-state index is 0.0828. The van der Waals surface area contributed by atoms with E-state index in [0.29, 0.717) is 12.8 Å². The third kappa shape index (κ3) is 4.70. The topological polar surface area (TPSA) is 49.9 Å². The molecule has 1 amide bonds. The van der Waals surface area contributed by atoms with Gasteiger partial charge in [0.15, 0.2) is 5.78 Å². The molecule has 29 heavy (non-hydrogen) atoms. The minimum absolute atomic E-state index is 0.0828. The molecule has 4 rings (SSSR count). The number of benzene rings is 1. The minimum Gasteiger partial charge on any atom is -0.493 e. The molecule has 2 aromatic rings. The first kappa shape index (κ1) is 20.1. The molecule has 0 N–H and O–H groups in total. The van der Waals surface area contributed by atoms with Crippen molar-refractivity contribution in [3.63, 3.8) is 0 Å². The summed E-state index contributed by atoms with van der Waals surface area (Å²) in [5.41, 5.74) is 3.39. The highest BCUT2D eigenvalue weighted by Gasteiger charge is 2.23. The molecule has 3 heterocycles. The zero-order valence-electron chi connectivity index (χ0n) is 17.2. The number of hydrogen-bond acceptors (Lipinski definition) is 5. The lowest BCUT2D eigenvalue weighted by atomic mass is 10.1. The molecule has 0 bridgehead atoms. The monoisotopic (exact) mass is 412 g/mol. The average Bonchev–Trinajstić information content (AvgIpc) is 3.31. The Kier molecular flexibility index (Phi) is 6.01. The maximum absolute atomic E-state index is 12.6. The Hall–Kier alpha value is -2.18. The number of hydrogen-bond donors (Lipinski definition) is 0. The second kappa shape index (κ2) is 8.67. The van der Waals surface area contributed by atoms with Crippen LogP contribution in [0.1, 0.15) is 44.1 Å². The third-order valence-corrected chi connectivity index (χ3v) is 6.76. The molecular formula is C23H28N2O3S. The first-order valence-electron chi connectivity index (χ1n) is 10.3. The number of carbonyl (C=O) groups is 2. The number of piperazine rings is 1. The van der Waals surface area contributed by atoms with Crippen molar-refractivity contribution in [2.24, 2.45) is 0 Å². The standard InChI is InChI=1S/C23H28N2O3S/c1-16-13-20(17(2)29-16)21(26)4-6-23(27)25-10-8-24(9-11-25)15-18-3-5-22-19(14-18)7-12-28-22/h3,5,13-14H,4,6-12,15H2,1-2H3. The van der Waals surface area contributed by atoms with E-state index in [1.807, 2.05) is 24.8 Å². The molecule has 1 aromatic carbocycles. The van der Waals surface area contributed by atoms with Gasteiger partial charge in [0.1, 0.15) is 5.75 Å². The number of aryl methyl sites for hydroxylation is 2. The predicted molar refractivity (Wildman–Crippen MR) is 115 cm³/mol. The fraction of sp³-hybridized carbons (Fsp3) is 0.478. The Morgan fingerprint density at radius 2 is 1.86 bits per heavy atom. The normalized spacial score (nSPS) is 16.6. The Morgan fingerprint density at radius 1 is 1.07 bits per heavy atom. The molecule has 5 nitrogen and oxygen atoms in total. The zero-order valence-corrected chi connectivity index (χ0v) is 18.0. The van der Waals surface area contributed by atoms with Gasteiger partial charge in [0.25, 0.3) is 0 Å². The van der Waals surface area contributed by atoms with Crippen molar-refractivity contribution in [1.82, 2.24) is 9.80 Å². The van der Waals surface area contributed by atoms with Gasteiger partial charge < -0.3 is 9.64 Å². The molecule has 2 aliphatic rings. The summed E-state index contributed by atoms with van der Waals surface area (Å²) in [6, 6.07) is 8.41. The molecule has 0 saturated carbocycles.